The molecule has 0 aliphatic carbocycles. The molecule has 24 heavy (non-hydrogen) atoms. The molecule has 1 aliphatic rings. The molecule has 1 aliphatic heterocycles. The molecular formula is C19H29ClN2O2. The van der Waals surface area contributed by atoms with Crippen LogP contribution in [0.15, 0.2) is 24.3 Å². The van der Waals surface area contributed by atoms with Crippen molar-refractivity contribution in [3.05, 3.63) is 34.9 Å². The molecule has 0 atom stereocenters. The van der Waals surface area contributed by atoms with Crippen molar-refractivity contribution in [1.82, 2.24) is 10.2 Å². The molecule has 1 heterocycles. The topological polar surface area (TPSA) is 41.6 Å². The van der Waals surface area contributed by atoms with E-state index in [1.54, 1.807) is 0 Å². The highest BCUT2D eigenvalue weighted by atomic mass is 35.5. The maximum absolute atomic E-state index is 12.2. The molecule has 134 valence electrons. The van der Waals surface area contributed by atoms with Gasteiger partial charge in [0.05, 0.1) is 6.10 Å². The Morgan fingerprint density at radius 2 is 2.04 bits per heavy atom. The van der Waals surface area contributed by atoms with E-state index in [2.05, 4.69) is 16.3 Å². The van der Waals surface area contributed by atoms with Crippen molar-refractivity contribution in [3.63, 3.8) is 0 Å². The van der Waals surface area contributed by atoms with Crippen molar-refractivity contribution in [1.29, 1.82) is 0 Å². The summed E-state index contributed by atoms with van der Waals surface area (Å²) in [6.45, 7) is 8.20. The van der Waals surface area contributed by atoms with Gasteiger partial charge in [-0.1, -0.05) is 29.8 Å². The predicted molar refractivity (Wildman–Crippen MR) is 98.2 cm³/mol. The Hall–Kier alpha value is -1.10. The molecule has 0 aromatic heterocycles. The van der Waals surface area contributed by atoms with Crippen LogP contribution in [0.25, 0.3) is 0 Å². The number of rotatable bonds is 8. The van der Waals surface area contributed by atoms with E-state index in [-0.39, 0.29) is 17.9 Å². The number of hydrogen-bond donors (Lipinski definition) is 1. The number of hydrogen-bond acceptors (Lipinski definition) is 3. The normalized spacial score (nSPS) is 16.5. The van der Waals surface area contributed by atoms with Crippen LogP contribution < -0.4 is 5.32 Å². The van der Waals surface area contributed by atoms with Gasteiger partial charge in [0.15, 0.2) is 0 Å². The number of carbonyl (C=O) groups is 1. The van der Waals surface area contributed by atoms with Gasteiger partial charge in [0.2, 0.25) is 5.91 Å². The average molecular weight is 353 g/mol. The van der Waals surface area contributed by atoms with Crippen LogP contribution >= 0.6 is 11.6 Å². The molecule has 1 fully saturated rings. The third-order valence-corrected chi connectivity index (χ3v) is 4.75. The highest BCUT2D eigenvalue weighted by molar-refractivity contribution is 6.31. The van der Waals surface area contributed by atoms with Crippen molar-refractivity contribution in [2.45, 2.75) is 45.8 Å². The summed E-state index contributed by atoms with van der Waals surface area (Å²) >= 11 is 6.22. The van der Waals surface area contributed by atoms with Gasteiger partial charge in [0.1, 0.15) is 0 Å². The number of ether oxygens (including phenoxy) is 1. The minimum absolute atomic E-state index is 0.138. The molecule has 5 heteroatoms. The predicted octanol–water partition coefficient (Wildman–Crippen LogP) is 3.48. The average Bonchev–Trinajstić information content (AvgIpc) is 2.57. The minimum Gasteiger partial charge on any atom is -0.379 e. The lowest BCUT2D eigenvalue weighted by atomic mass is 9.95. The number of halogens is 1. The number of nitrogens with one attached hydrogen (secondary N) is 1. The minimum atomic E-state index is 0.138. The summed E-state index contributed by atoms with van der Waals surface area (Å²) < 4.78 is 5.48. The third kappa shape index (κ3) is 6.42. The summed E-state index contributed by atoms with van der Waals surface area (Å²) in [6.07, 6.45) is 2.95. The van der Waals surface area contributed by atoms with Crippen LogP contribution in [0, 0.1) is 5.92 Å². The fourth-order valence-corrected chi connectivity index (χ4v) is 3.16. The lowest BCUT2D eigenvalue weighted by molar-refractivity contribution is -0.126. The van der Waals surface area contributed by atoms with E-state index in [1.807, 2.05) is 32.0 Å². The highest BCUT2D eigenvalue weighted by Crippen LogP contribution is 2.22. The molecular weight excluding hydrogens is 324 g/mol. The van der Waals surface area contributed by atoms with Crippen molar-refractivity contribution < 1.29 is 9.53 Å². The van der Waals surface area contributed by atoms with Gasteiger partial charge in [-0.05, 0) is 57.8 Å². The third-order valence-electron chi connectivity index (χ3n) is 4.38. The van der Waals surface area contributed by atoms with Crippen LogP contribution in [0.3, 0.4) is 0 Å². The number of piperidine rings is 1. The number of likely N-dealkylation sites (tertiary alicyclic amines) is 1. The summed E-state index contributed by atoms with van der Waals surface area (Å²) in [5.74, 6) is 0.329. The molecule has 0 bridgehead atoms. The van der Waals surface area contributed by atoms with E-state index in [0.717, 1.165) is 49.5 Å². The number of amides is 1. The summed E-state index contributed by atoms with van der Waals surface area (Å²) in [5.41, 5.74) is 1.16. The highest BCUT2D eigenvalue weighted by Gasteiger charge is 2.24. The van der Waals surface area contributed by atoms with Crippen LogP contribution in [0.1, 0.15) is 38.7 Å². The second kappa shape index (κ2) is 10.0. The largest absolute Gasteiger partial charge is 0.379 e. The quantitative estimate of drug-likeness (QED) is 0.728. The number of nitrogens with zero attached hydrogens (tertiary/aromatic N) is 1. The smallest absolute Gasteiger partial charge is 0.223 e. The molecule has 1 N–H and O–H groups in total. The number of carbonyl (C=O) groups excluding carboxylic acids is 1. The Morgan fingerprint density at radius 1 is 1.33 bits per heavy atom. The van der Waals surface area contributed by atoms with Gasteiger partial charge in [-0.25, -0.2) is 0 Å². The monoisotopic (exact) mass is 352 g/mol. The zero-order valence-corrected chi connectivity index (χ0v) is 15.5. The summed E-state index contributed by atoms with van der Waals surface area (Å²) in [5, 5.41) is 3.86. The Labute approximate surface area is 150 Å². The van der Waals surface area contributed by atoms with Gasteiger partial charge in [0, 0.05) is 30.6 Å². The molecule has 1 saturated heterocycles. The first-order chi connectivity index (χ1) is 11.6. The van der Waals surface area contributed by atoms with E-state index >= 15 is 0 Å². The van der Waals surface area contributed by atoms with E-state index in [0.29, 0.717) is 13.2 Å². The van der Waals surface area contributed by atoms with Crippen LogP contribution in [-0.2, 0) is 16.1 Å². The van der Waals surface area contributed by atoms with Crippen molar-refractivity contribution >= 4 is 17.5 Å². The first-order valence-corrected chi connectivity index (χ1v) is 9.29. The molecule has 0 radical (unpaired) electrons. The van der Waals surface area contributed by atoms with E-state index in [4.69, 9.17) is 16.3 Å². The van der Waals surface area contributed by atoms with Gasteiger partial charge in [-0.2, -0.15) is 0 Å². The van der Waals surface area contributed by atoms with Crippen LogP contribution in [0.4, 0.5) is 0 Å². The van der Waals surface area contributed by atoms with Crippen molar-refractivity contribution in [2.24, 2.45) is 5.92 Å². The van der Waals surface area contributed by atoms with Gasteiger partial charge < -0.3 is 10.1 Å². The van der Waals surface area contributed by atoms with Crippen molar-refractivity contribution in [2.75, 3.05) is 26.2 Å². The van der Waals surface area contributed by atoms with Gasteiger partial charge in [-0.3, -0.25) is 9.69 Å². The van der Waals surface area contributed by atoms with E-state index < -0.39 is 0 Å². The molecule has 0 saturated carbocycles. The lowest BCUT2D eigenvalue weighted by Gasteiger charge is -2.31. The Balaban J connectivity index is 1.65. The van der Waals surface area contributed by atoms with Crippen LogP contribution in [-0.4, -0.2) is 43.2 Å². The standard InChI is InChI=1S/C19H29ClN2O2/c1-15(2)24-13-5-10-21-19(23)16-8-11-22(12-9-16)14-17-6-3-4-7-18(17)20/h3-4,6-7,15-16H,5,8-14H2,1-2H3,(H,21,23). The fraction of sp³-hybridized carbons (Fsp3) is 0.632. The summed E-state index contributed by atoms with van der Waals surface area (Å²) in [6, 6.07) is 7.97. The Bertz CT molecular complexity index is 514. The molecule has 1 aromatic rings. The Morgan fingerprint density at radius 3 is 2.71 bits per heavy atom. The molecule has 0 spiro atoms. The van der Waals surface area contributed by atoms with Gasteiger partial charge >= 0.3 is 0 Å². The maximum Gasteiger partial charge on any atom is 0.223 e. The van der Waals surface area contributed by atoms with Crippen LogP contribution in [0.5, 0.6) is 0 Å². The lowest BCUT2D eigenvalue weighted by Crippen LogP contribution is -2.40. The molecule has 2 rings (SSSR count). The molecule has 4 nitrogen and oxygen atoms in total. The first-order valence-electron chi connectivity index (χ1n) is 8.91. The van der Waals surface area contributed by atoms with Gasteiger partial charge in [0.25, 0.3) is 0 Å². The first kappa shape index (κ1) is 19.2. The number of benzene rings is 1. The Kier molecular flexibility index (Phi) is 8.03. The zero-order chi connectivity index (χ0) is 17.4. The SMILES string of the molecule is CC(C)OCCCNC(=O)C1CCN(Cc2ccccc2Cl)CC1. The van der Waals surface area contributed by atoms with E-state index in [1.165, 1.54) is 0 Å². The van der Waals surface area contributed by atoms with Crippen LogP contribution in [0.2, 0.25) is 5.02 Å². The second-order valence-corrected chi connectivity index (χ2v) is 7.11. The van der Waals surface area contributed by atoms with Gasteiger partial charge in [-0.15, -0.1) is 0 Å². The molecule has 1 aromatic carbocycles. The summed E-state index contributed by atoms with van der Waals surface area (Å²) in [4.78, 5) is 14.6. The second-order valence-electron chi connectivity index (χ2n) is 6.71. The zero-order valence-electron chi connectivity index (χ0n) is 14.8. The molecule has 0 unspecified atom stereocenters. The van der Waals surface area contributed by atoms with E-state index in [9.17, 15) is 4.79 Å². The maximum atomic E-state index is 12.2. The fourth-order valence-electron chi connectivity index (χ4n) is 2.97. The summed E-state index contributed by atoms with van der Waals surface area (Å²) in [7, 11) is 0. The molecule has 1 amide bonds. The van der Waals surface area contributed by atoms with Crippen molar-refractivity contribution in [3.8, 4) is 0 Å².